The molecule has 0 aromatic heterocycles. The molecule has 0 bridgehead atoms. The third-order valence-electron chi connectivity index (χ3n) is 7.43. The highest BCUT2D eigenvalue weighted by atomic mass is 14.8. The van der Waals surface area contributed by atoms with E-state index in [0.717, 1.165) is 42.1 Å². The first kappa shape index (κ1) is 29.0. The van der Waals surface area contributed by atoms with Crippen molar-refractivity contribution in [3.8, 4) is 0 Å². The van der Waals surface area contributed by atoms with Gasteiger partial charge in [-0.15, -0.1) is 0 Å². The predicted molar refractivity (Wildman–Crippen MR) is 158 cm³/mol. The molecule has 2 heteroatoms. The molecule has 0 aliphatic heterocycles. The van der Waals surface area contributed by atoms with E-state index in [-0.39, 0.29) is 0 Å². The van der Waals surface area contributed by atoms with Crippen LogP contribution in [0.2, 0.25) is 0 Å². The van der Waals surface area contributed by atoms with E-state index in [1.165, 1.54) is 84.7 Å². The Bertz CT molecular complexity index is 1010. The zero-order chi connectivity index (χ0) is 25.8. The largest absolute Gasteiger partial charge is 0.252 e. The quantitative estimate of drug-likeness (QED) is 0.192. The van der Waals surface area contributed by atoms with Crippen LogP contribution in [0.4, 0.5) is 11.4 Å². The fraction of sp³-hybridized carbons (Fsp3) is 0.576. The molecule has 2 nitrogen and oxygen atoms in total. The van der Waals surface area contributed by atoms with Gasteiger partial charge in [-0.2, -0.15) is 0 Å². The number of nitrogens with zero attached hydrogens (tertiary/aromatic N) is 2. The van der Waals surface area contributed by atoms with Crippen LogP contribution in [0.15, 0.2) is 34.3 Å². The molecule has 0 aliphatic rings. The molecule has 0 fully saturated rings. The second-order valence-corrected chi connectivity index (χ2v) is 10.3. The molecule has 0 unspecified atom stereocenters. The van der Waals surface area contributed by atoms with Crippen molar-refractivity contribution in [2.75, 3.05) is 0 Å². The number of rotatable bonds is 14. The maximum Gasteiger partial charge on any atom is 0.0639 e. The van der Waals surface area contributed by atoms with Gasteiger partial charge in [-0.25, -0.2) is 0 Å². The Morgan fingerprint density at radius 3 is 1.63 bits per heavy atom. The van der Waals surface area contributed by atoms with Crippen LogP contribution in [0.1, 0.15) is 119 Å². The van der Waals surface area contributed by atoms with Crippen LogP contribution >= 0.6 is 0 Å². The Morgan fingerprint density at radius 1 is 0.600 bits per heavy atom. The fourth-order valence-corrected chi connectivity index (χ4v) is 4.76. The number of aliphatic imine (C=N–C) groups is 2. The standard InChI is InChI=1S/C33H50N2/c1-9-12-14-15-16-17-19-30-22-31(20-24(4)27(30)7)34-28(8)33(11-3)35-32-21-25(5)26(6)29(23-32)18-13-10-2/h20-23H,9-19H2,1-8H3. The molecule has 0 spiro atoms. The van der Waals surface area contributed by atoms with Gasteiger partial charge < -0.3 is 0 Å². The van der Waals surface area contributed by atoms with Crippen LogP contribution in [-0.4, -0.2) is 11.4 Å². The van der Waals surface area contributed by atoms with Gasteiger partial charge in [-0.3, -0.25) is 9.98 Å². The molecular weight excluding hydrogens is 424 g/mol. The maximum atomic E-state index is 5.08. The van der Waals surface area contributed by atoms with E-state index in [0.29, 0.717) is 0 Å². The summed E-state index contributed by atoms with van der Waals surface area (Å²) >= 11 is 0. The monoisotopic (exact) mass is 474 g/mol. The van der Waals surface area contributed by atoms with Crippen molar-refractivity contribution in [3.63, 3.8) is 0 Å². The number of benzene rings is 2. The molecular formula is C33H50N2. The predicted octanol–water partition coefficient (Wildman–Crippen LogP) is 10.4. The molecule has 2 rings (SSSR count). The molecule has 0 aliphatic carbocycles. The summed E-state index contributed by atoms with van der Waals surface area (Å²) in [6.07, 6.45) is 13.6. The molecule has 35 heavy (non-hydrogen) atoms. The summed E-state index contributed by atoms with van der Waals surface area (Å²) in [4.78, 5) is 10.1. The van der Waals surface area contributed by atoms with Crippen LogP contribution in [0.25, 0.3) is 0 Å². The molecule has 0 saturated carbocycles. The van der Waals surface area contributed by atoms with Gasteiger partial charge in [0.25, 0.3) is 0 Å². The molecule has 0 atom stereocenters. The summed E-state index contributed by atoms with van der Waals surface area (Å²) in [5.41, 5.74) is 12.6. The zero-order valence-electron chi connectivity index (χ0n) is 24.0. The highest BCUT2D eigenvalue weighted by Gasteiger charge is 2.09. The van der Waals surface area contributed by atoms with Crippen molar-refractivity contribution in [1.29, 1.82) is 0 Å². The lowest BCUT2D eigenvalue weighted by Gasteiger charge is -2.13. The van der Waals surface area contributed by atoms with Gasteiger partial charge in [0.1, 0.15) is 0 Å². The average molecular weight is 475 g/mol. The van der Waals surface area contributed by atoms with Crippen molar-refractivity contribution < 1.29 is 0 Å². The minimum absolute atomic E-state index is 0.877. The Hall–Kier alpha value is -2.22. The summed E-state index contributed by atoms with van der Waals surface area (Å²) in [6.45, 7) is 17.8. The van der Waals surface area contributed by atoms with E-state index in [4.69, 9.17) is 9.98 Å². The van der Waals surface area contributed by atoms with E-state index >= 15 is 0 Å². The summed E-state index contributed by atoms with van der Waals surface area (Å²) in [6, 6.07) is 9.05. The second-order valence-electron chi connectivity index (χ2n) is 10.3. The number of hydrogen-bond donors (Lipinski definition) is 0. The van der Waals surface area contributed by atoms with Crippen LogP contribution in [0.3, 0.4) is 0 Å². The Kier molecular flexibility index (Phi) is 12.4. The zero-order valence-corrected chi connectivity index (χ0v) is 24.0. The lowest BCUT2D eigenvalue weighted by atomic mass is 9.97. The number of aryl methyl sites for hydroxylation is 4. The summed E-state index contributed by atoms with van der Waals surface area (Å²) in [5, 5.41) is 0. The Morgan fingerprint density at radius 2 is 1.09 bits per heavy atom. The topological polar surface area (TPSA) is 24.7 Å². The lowest BCUT2D eigenvalue weighted by molar-refractivity contribution is 0.607. The smallest absolute Gasteiger partial charge is 0.0639 e. The third kappa shape index (κ3) is 9.06. The van der Waals surface area contributed by atoms with Crippen molar-refractivity contribution in [1.82, 2.24) is 0 Å². The first-order chi connectivity index (χ1) is 16.8. The second kappa shape index (κ2) is 15.0. The first-order valence-electron chi connectivity index (χ1n) is 14.1. The Balaban J connectivity index is 2.25. The molecule has 0 radical (unpaired) electrons. The highest BCUT2D eigenvalue weighted by Crippen LogP contribution is 2.26. The third-order valence-corrected chi connectivity index (χ3v) is 7.43. The Labute approximate surface area is 216 Å². The van der Waals surface area contributed by atoms with E-state index < -0.39 is 0 Å². The molecule has 0 N–H and O–H groups in total. The van der Waals surface area contributed by atoms with Crippen LogP contribution < -0.4 is 0 Å². The molecule has 0 amide bonds. The van der Waals surface area contributed by atoms with Crippen LogP contribution in [0, 0.1) is 27.7 Å². The SMILES string of the molecule is CCCCCCCCc1cc(N=C(C)C(CC)=Nc2cc(C)c(C)c(CCCC)c2)cc(C)c1C. The molecule has 0 saturated heterocycles. The minimum Gasteiger partial charge on any atom is -0.252 e. The molecule has 2 aromatic rings. The van der Waals surface area contributed by atoms with Gasteiger partial charge in [-0.05, 0) is 124 Å². The maximum absolute atomic E-state index is 5.08. The van der Waals surface area contributed by atoms with Crippen LogP contribution in [-0.2, 0) is 12.8 Å². The highest BCUT2D eigenvalue weighted by molar-refractivity contribution is 6.42. The van der Waals surface area contributed by atoms with Crippen molar-refractivity contribution in [2.24, 2.45) is 9.98 Å². The van der Waals surface area contributed by atoms with Gasteiger partial charge in [0.05, 0.1) is 22.8 Å². The average Bonchev–Trinajstić information content (AvgIpc) is 2.83. The van der Waals surface area contributed by atoms with E-state index in [1.54, 1.807) is 0 Å². The summed E-state index contributed by atoms with van der Waals surface area (Å²) in [7, 11) is 0. The van der Waals surface area contributed by atoms with Gasteiger partial charge >= 0.3 is 0 Å². The van der Waals surface area contributed by atoms with Crippen molar-refractivity contribution in [3.05, 3.63) is 57.6 Å². The first-order valence-corrected chi connectivity index (χ1v) is 14.1. The molecule has 192 valence electrons. The van der Waals surface area contributed by atoms with Crippen molar-refractivity contribution >= 4 is 22.8 Å². The summed E-state index contributed by atoms with van der Waals surface area (Å²) in [5.74, 6) is 0. The fourth-order valence-electron chi connectivity index (χ4n) is 4.76. The normalized spacial score (nSPS) is 12.5. The minimum atomic E-state index is 0.877. The van der Waals surface area contributed by atoms with Gasteiger partial charge in [0.15, 0.2) is 0 Å². The summed E-state index contributed by atoms with van der Waals surface area (Å²) < 4.78 is 0. The lowest BCUT2D eigenvalue weighted by Crippen LogP contribution is -2.08. The van der Waals surface area contributed by atoms with E-state index in [1.807, 2.05) is 0 Å². The molecule has 0 heterocycles. The van der Waals surface area contributed by atoms with Gasteiger partial charge in [0, 0.05) is 0 Å². The van der Waals surface area contributed by atoms with E-state index in [2.05, 4.69) is 79.7 Å². The van der Waals surface area contributed by atoms with Crippen molar-refractivity contribution in [2.45, 2.75) is 126 Å². The van der Waals surface area contributed by atoms with Gasteiger partial charge in [-0.1, -0.05) is 59.3 Å². The number of hydrogen-bond acceptors (Lipinski definition) is 2. The molecule has 2 aromatic carbocycles. The number of unbranched alkanes of at least 4 members (excludes halogenated alkanes) is 6. The van der Waals surface area contributed by atoms with Crippen LogP contribution in [0.5, 0.6) is 0 Å². The van der Waals surface area contributed by atoms with Gasteiger partial charge in [0.2, 0.25) is 0 Å². The van der Waals surface area contributed by atoms with E-state index in [9.17, 15) is 0 Å².